The number of ether oxygens (including phenoxy) is 1. The van der Waals surface area contributed by atoms with E-state index in [1.165, 1.54) is 0 Å². The smallest absolute Gasteiger partial charge is 0.396 e. The van der Waals surface area contributed by atoms with E-state index in [2.05, 4.69) is 32.3 Å². The van der Waals surface area contributed by atoms with Crippen LogP contribution >= 0.6 is 0 Å². The van der Waals surface area contributed by atoms with Crippen LogP contribution in [0.4, 0.5) is 10.6 Å². The van der Waals surface area contributed by atoms with Crippen molar-refractivity contribution in [2.45, 2.75) is 38.8 Å². The maximum absolute atomic E-state index is 11.3. The van der Waals surface area contributed by atoms with E-state index in [-0.39, 0.29) is 18.7 Å². The van der Waals surface area contributed by atoms with E-state index < -0.39 is 6.09 Å². The highest BCUT2D eigenvalue weighted by Crippen LogP contribution is 2.26. The summed E-state index contributed by atoms with van der Waals surface area (Å²) in [7, 11) is 0. The molecule has 3 heterocycles. The van der Waals surface area contributed by atoms with Gasteiger partial charge in [0.25, 0.3) is 0 Å². The average Bonchev–Trinajstić information content (AvgIpc) is 3.17. The van der Waals surface area contributed by atoms with E-state index in [9.17, 15) is 9.90 Å². The van der Waals surface area contributed by atoms with Crippen LogP contribution in [-0.2, 0) is 6.54 Å². The number of hydrogen-bond donors (Lipinski definition) is 3. The normalized spacial score (nSPS) is 12.2. The Morgan fingerprint density at radius 1 is 1.25 bits per heavy atom. The molecule has 0 radical (unpaired) electrons. The lowest BCUT2D eigenvalue weighted by Crippen LogP contribution is -2.23. The van der Waals surface area contributed by atoms with Crippen molar-refractivity contribution in [2.24, 2.45) is 5.73 Å². The van der Waals surface area contributed by atoms with Gasteiger partial charge in [0.15, 0.2) is 5.82 Å². The number of nitrogens with one attached hydrogen (secondary N) is 1. The highest BCUT2D eigenvalue weighted by atomic mass is 16.6. The zero-order valence-electron chi connectivity index (χ0n) is 17.7. The molecule has 0 aliphatic carbocycles. The first-order valence-electron chi connectivity index (χ1n) is 10.5. The van der Waals surface area contributed by atoms with Crippen LogP contribution in [0.2, 0.25) is 0 Å². The monoisotopic (exact) mass is 435 g/mol. The number of aliphatic hydroxyl groups is 1. The first-order chi connectivity index (χ1) is 15.6. The Hall–Kier alpha value is -3.79. The summed E-state index contributed by atoms with van der Waals surface area (Å²) in [6.07, 6.45) is 4.67. The number of primary amides is 1. The van der Waals surface area contributed by atoms with Crippen molar-refractivity contribution < 1.29 is 14.6 Å². The highest BCUT2D eigenvalue weighted by Gasteiger charge is 2.19. The number of aromatic nitrogens is 5. The molecule has 4 N–H and O–H groups in total. The minimum Gasteiger partial charge on any atom is -0.396 e. The summed E-state index contributed by atoms with van der Waals surface area (Å²) in [6, 6.07) is 9.75. The van der Waals surface area contributed by atoms with Crippen LogP contribution in [0, 0.1) is 0 Å². The molecule has 0 saturated heterocycles. The van der Waals surface area contributed by atoms with Crippen molar-refractivity contribution in [3.8, 4) is 6.01 Å². The second kappa shape index (κ2) is 9.56. The van der Waals surface area contributed by atoms with Crippen molar-refractivity contribution in [3.63, 3.8) is 0 Å². The molecule has 32 heavy (non-hydrogen) atoms. The number of aliphatic hydroxyl groups excluding tert-OH is 1. The second-order valence-corrected chi connectivity index (χ2v) is 7.45. The SMILES string of the molecule is CCCC(CCO)Nc1nc(OC(N)=O)nc2cnn(Cc3cccc4cccnc34)c12. The van der Waals surface area contributed by atoms with Gasteiger partial charge in [0, 0.05) is 24.2 Å². The Bertz CT molecular complexity index is 1230. The maximum Gasteiger partial charge on any atom is 0.412 e. The highest BCUT2D eigenvalue weighted by molar-refractivity contribution is 5.87. The summed E-state index contributed by atoms with van der Waals surface area (Å²) < 4.78 is 6.72. The van der Waals surface area contributed by atoms with E-state index >= 15 is 0 Å². The number of fused-ring (bicyclic) bond motifs is 2. The van der Waals surface area contributed by atoms with E-state index in [4.69, 9.17) is 10.5 Å². The lowest BCUT2D eigenvalue weighted by Gasteiger charge is -2.19. The number of amides is 1. The largest absolute Gasteiger partial charge is 0.412 e. The number of rotatable bonds is 9. The molecule has 3 aromatic heterocycles. The van der Waals surface area contributed by atoms with Crippen molar-refractivity contribution in [2.75, 3.05) is 11.9 Å². The van der Waals surface area contributed by atoms with Gasteiger partial charge >= 0.3 is 12.1 Å². The molecule has 10 nitrogen and oxygen atoms in total. The third kappa shape index (κ3) is 4.59. The quantitative estimate of drug-likeness (QED) is 0.364. The molecule has 0 aliphatic heterocycles. The number of nitrogens with zero attached hydrogens (tertiary/aromatic N) is 5. The second-order valence-electron chi connectivity index (χ2n) is 7.45. The van der Waals surface area contributed by atoms with Crippen molar-refractivity contribution in [3.05, 3.63) is 48.3 Å². The zero-order valence-corrected chi connectivity index (χ0v) is 17.7. The lowest BCUT2D eigenvalue weighted by atomic mass is 10.1. The minimum atomic E-state index is -0.995. The summed E-state index contributed by atoms with van der Waals surface area (Å²) in [6.45, 7) is 2.56. The Morgan fingerprint density at radius 2 is 2.09 bits per heavy atom. The van der Waals surface area contributed by atoms with Gasteiger partial charge in [-0.05, 0) is 24.5 Å². The topological polar surface area (TPSA) is 141 Å². The molecule has 4 rings (SSSR count). The fraction of sp³-hybridized carbons (Fsp3) is 0.318. The average molecular weight is 435 g/mol. The van der Waals surface area contributed by atoms with Crippen LogP contribution in [0.15, 0.2) is 42.7 Å². The molecule has 4 aromatic rings. The third-order valence-electron chi connectivity index (χ3n) is 5.15. The Morgan fingerprint density at radius 3 is 2.88 bits per heavy atom. The molecule has 1 amide bonds. The predicted octanol–water partition coefficient (Wildman–Crippen LogP) is 2.84. The number of benzene rings is 1. The molecule has 0 spiro atoms. The molecule has 1 aromatic carbocycles. The summed E-state index contributed by atoms with van der Waals surface area (Å²) in [4.78, 5) is 24.4. The fourth-order valence-corrected chi connectivity index (χ4v) is 3.78. The number of para-hydroxylation sites is 1. The van der Waals surface area contributed by atoms with Gasteiger partial charge in [0.1, 0.15) is 11.0 Å². The van der Waals surface area contributed by atoms with E-state index in [0.29, 0.717) is 29.8 Å². The van der Waals surface area contributed by atoms with Gasteiger partial charge in [-0.2, -0.15) is 15.1 Å². The molecule has 0 saturated carbocycles. The molecular weight excluding hydrogens is 410 g/mol. The molecule has 0 fully saturated rings. The van der Waals surface area contributed by atoms with Crippen molar-refractivity contribution in [1.29, 1.82) is 0 Å². The first kappa shape index (κ1) is 21.4. The number of anilines is 1. The van der Waals surface area contributed by atoms with Gasteiger partial charge in [-0.1, -0.05) is 37.6 Å². The molecule has 0 bridgehead atoms. The Balaban J connectivity index is 1.78. The first-order valence-corrected chi connectivity index (χ1v) is 10.5. The minimum absolute atomic E-state index is 0.0212. The Labute approximate surface area is 184 Å². The van der Waals surface area contributed by atoms with Crippen LogP contribution in [0.1, 0.15) is 31.7 Å². The van der Waals surface area contributed by atoms with Gasteiger partial charge in [-0.25, -0.2) is 4.79 Å². The molecule has 1 unspecified atom stereocenters. The lowest BCUT2D eigenvalue weighted by molar-refractivity contribution is 0.207. The summed E-state index contributed by atoms with van der Waals surface area (Å²) in [5, 5.41) is 18.4. The van der Waals surface area contributed by atoms with Gasteiger partial charge in [0.2, 0.25) is 0 Å². The van der Waals surface area contributed by atoms with E-state index in [0.717, 1.165) is 29.3 Å². The van der Waals surface area contributed by atoms with Crippen LogP contribution < -0.4 is 15.8 Å². The van der Waals surface area contributed by atoms with Gasteiger partial charge in [-0.3, -0.25) is 9.67 Å². The molecule has 0 aliphatic rings. The summed E-state index contributed by atoms with van der Waals surface area (Å²) >= 11 is 0. The molecule has 1 atom stereocenters. The number of carbonyl (C=O) groups is 1. The number of carbonyl (C=O) groups excluding carboxylic acids is 1. The fourth-order valence-electron chi connectivity index (χ4n) is 3.78. The molecule has 166 valence electrons. The van der Waals surface area contributed by atoms with Crippen LogP contribution in [0.5, 0.6) is 6.01 Å². The summed E-state index contributed by atoms with van der Waals surface area (Å²) in [5.74, 6) is 0.462. The predicted molar refractivity (Wildman–Crippen MR) is 120 cm³/mol. The van der Waals surface area contributed by atoms with Crippen LogP contribution in [0.3, 0.4) is 0 Å². The standard InChI is InChI=1S/C22H25N7O3/c1-2-5-16(9-11-30)26-20-19-17(27-22(28-20)32-21(23)31)12-25-29(19)13-15-7-3-6-14-8-4-10-24-18(14)15/h3-4,6-8,10,12,16,30H,2,5,9,11,13H2,1H3,(H2,23,31)(H,26,27,28). The van der Waals surface area contributed by atoms with Crippen LogP contribution in [-0.4, -0.2) is 48.6 Å². The maximum atomic E-state index is 11.3. The third-order valence-corrected chi connectivity index (χ3v) is 5.15. The van der Waals surface area contributed by atoms with Gasteiger partial charge in [0.05, 0.1) is 18.3 Å². The van der Waals surface area contributed by atoms with Crippen LogP contribution in [0.25, 0.3) is 21.9 Å². The molecular formula is C22H25N7O3. The zero-order chi connectivity index (χ0) is 22.5. The van der Waals surface area contributed by atoms with Crippen molar-refractivity contribution >= 4 is 33.8 Å². The Kier molecular flexibility index (Phi) is 6.41. The van der Waals surface area contributed by atoms with Gasteiger partial charge < -0.3 is 20.9 Å². The summed E-state index contributed by atoms with van der Waals surface area (Å²) in [5.41, 5.74) is 8.21. The van der Waals surface area contributed by atoms with Gasteiger partial charge in [-0.15, -0.1) is 0 Å². The number of nitrogens with two attached hydrogens (primary N) is 1. The van der Waals surface area contributed by atoms with E-state index in [1.54, 1.807) is 17.1 Å². The van der Waals surface area contributed by atoms with E-state index in [1.807, 2.05) is 30.3 Å². The number of hydrogen-bond acceptors (Lipinski definition) is 8. The number of pyridine rings is 1. The van der Waals surface area contributed by atoms with Crippen molar-refractivity contribution in [1.82, 2.24) is 24.7 Å². The molecule has 10 heteroatoms.